The Morgan fingerprint density at radius 3 is 2.48 bits per heavy atom. The number of nitrogens with zero attached hydrogens (tertiary/aromatic N) is 1. The van der Waals surface area contributed by atoms with Gasteiger partial charge in [0.15, 0.2) is 6.10 Å². The highest BCUT2D eigenvalue weighted by molar-refractivity contribution is 5.94. The molecule has 0 aliphatic heterocycles. The van der Waals surface area contributed by atoms with Crippen LogP contribution >= 0.6 is 0 Å². The number of non-ortho nitro benzene ring substituents is 1. The van der Waals surface area contributed by atoms with Crippen LogP contribution < -0.4 is 14.8 Å². The molecule has 120 valence electrons. The van der Waals surface area contributed by atoms with Crippen LogP contribution in [0.4, 0.5) is 11.4 Å². The van der Waals surface area contributed by atoms with Crippen LogP contribution in [0.5, 0.6) is 11.5 Å². The van der Waals surface area contributed by atoms with Gasteiger partial charge in [0.25, 0.3) is 11.6 Å². The number of ether oxygens (including phenoxy) is 2. The maximum atomic E-state index is 12.1. The summed E-state index contributed by atoms with van der Waals surface area (Å²) in [6, 6.07) is 12.6. The lowest BCUT2D eigenvalue weighted by Crippen LogP contribution is -2.30. The molecular weight excluding hydrogens is 300 g/mol. The van der Waals surface area contributed by atoms with Crippen molar-refractivity contribution in [3.63, 3.8) is 0 Å². The van der Waals surface area contributed by atoms with E-state index >= 15 is 0 Å². The first-order valence-electron chi connectivity index (χ1n) is 6.85. The molecule has 1 amide bonds. The first-order valence-corrected chi connectivity index (χ1v) is 6.85. The van der Waals surface area contributed by atoms with Crippen molar-refractivity contribution in [3.8, 4) is 11.5 Å². The summed E-state index contributed by atoms with van der Waals surface area (Å²) in [5.74, 6) is 0.585. The zero-order valence-electron chi connectivity index (χ0n) is 12.7. The molecule has 2 aromatic rings. The van der Waals surface area contributed by atoms with Crippen molar-refractivity contribution in [2.75, 3.05) is 12.4 Å². The fraction of sp³-hybridized carbons (Fsp3) is 0.188. The Morgan fingerprint density at radius 2 is 1.87 bits per heavy atom. The van der Waals surface area contributed by atoms with Crippen LogP contribution in [0.25, 0.3) is 0 Å². The Bertz CT molecular complexity index is 700. The number of carbonyl (C=O) groups excluding carboxylic acids is 1. The molecule has 1 atom stereocenters. The van der Waals surface area contributed by atoms with Gasteiger partial charge in [-0.1, -0.05) is 6.07 Å². The highest BCUT2D eigenvalue weighted by Gasteiger charge is 2.16. The number of benzene rings is 2. The molecule has 0 aliphatic carbocycles. The molecule has 0 unspecified atom stereocenters. The fourth-order valence-corrected chi connectivity index (χ4v) is 1.85. The van der Waals surface area contributed by atoms with Gasteiger partial charge in [-0.3, -0.25) is 14.9 Å². The first-order chi connectivity index (χ1) is 11.0. The topological polar surface area (TPSA) is 90.7 Å². The lowest BCUT2D eigenvalue weighted by Gasteiger charge is -2.14. The molecule has 0 radical (unpaired) electrons. The molecule has 1 N–H and O–H groups in total. The van der Waals surface area contributed by atoms with Gasteiger partial charge >= 0.3 is 0 Å². The summed E-state index contributed by atoms with van der Waals surface area (Å²) in [6.07, 6.45) is -0.806. The maximum Gasteiger partial charge on any atom is 0.273 e. The van der Waals surface area contributed by atoms with Gasteiger partial charge in [-0.15, -0.1) is 0 Å². The second-order valence-electron chi connectivity index (χ2n) is 4.73. The summed E-state index contributed by atoms with van der Waals surface area (Å²) in [5.41, 5.74) is 0.510. The van der Waals surface area contributed by atoms with Crippen LogP contribution in [0.1, 0.15) is 6.92 Å². The lowest BCUT2D eigenvalue weighted by molar-refractivity contribution is -0.384. The Hall–Kier alpha value is -3.09. The van der Waals surface area contributed by atoms with Crippen molar-refractivity contribution >= 4 is 17.3 Å². The average molecular weight is 316 g/mol. The molecule has 0 bridgehead atoms. The third-order valence-electron chi connectivity index (χ3n) is 3.07. The number of rotatable bonds is 6. The van der Waals surface area contributed by atoms with E-state index in [-0.39, 0.29) is 17.3 Å². The number of carbonyl (C=O) groups is 1. The minimum Gasteiger partial charge on any atom is -0.497 e. The zero-order chi connectivity index (χ0) is 16.8. The fourth-order valence-electron chi connectivity index (χ4n) is 1.85. The van der Waals surface area contributed by atoms with E-state index in [0.29, 0.717) is 11.4 Å². The van der Waals surface area contributed by atoms with E-state index in [1.807, 2.05) is 0 Å². The van der Waals surface area contributed by atoms with Gasteiger partial charge in [0.05, 0.1) is 18.1 Å². The summed E-state index contributed by atoms with van der Waals surface area (Å²) in [7, 11) is 1.56. The van der Waals surface area contributed by atoms with Crippen LogP contribution in [0.3, 0.4) is 0 Å². The van der Waals surface area contributed by atoms with Gasteiger partial charge in [0.1, 0.15) is 11.5 Å². The Labute approximate surface area is 133 Å². The number of nitro benzene ring substituents is 1. The molecule has 23 heavy (non-hydrogen) atoms. The van der Waals surface area contributed by atoms with E-state index < -0.39 is 11.0 Å². The van der Waals surface area contributed by atoms with E-state index in [0.717, 1.165) is 0 Å². The summed E-state index contributed by atoms with van der Waals surface area (Å²) < 4.78 is 10.5. The van der Waals surface area contributed by atoms with Gasteiger partial charge in [-0.25, -0.2) is 0 Å². The summed E-state index contributed by atoms with van der Waals surface area (Å²) in [4.78, 5) is 22.3. The number of nitro groups is 1. The summed E-state index contributed by atoms with van der Waals surface area (Å²) in [6.45, 7) is 1.57. The number of hydrogen-bond donors (Lipinski definition) is 1. The van der Waals surface area contributed by atoms with Crippen LogP contribution in [-0.4, -0.2) is 24.0 Å². The molecule has 2 rings (SSSR count). The predicted molar refractivity (Wildman–Crippen MR) is 84.8 cm³/mol. The summed E-state index contributed by atoms with van der Waals surface area (Å²) >= 11 is 0. The molecule has 0 saturated carbocycles. The standard InChI is InChI=1S/C16H16N2O5/c1-11(23-15-5-3-4-13(10-15)18(20)21)16(19)17-12-6-8-14(22-2)9-7-12/h3-11H,1-2H3,(H,17,19)/t11-/m1/s1. The Kier molecular flexibility index (Phi) is 5.14. The second kappa shape index (κ2) is 7.26. The SMILES string of the molecule is COc1ccc(NC(=O)[C@@H](C)Oc2cccc([N+](=O)[O-])c2)cc1. The third-order valence-corrected chi connectivity index (χ3v) is 3.07. The van der Waals surface area contributed by atoms with Crippen molar-refractivity contribution in [3.05, 3.63) is 58.6 Å². The summed E-state index contributed by atoms with van der Waals surface area (Å²) in [5, 5.41) is 13.4. The normalized spacial score (nSPS) is 11.4. The van der Waals surface area contributed by atoms with Gasteiger partial charge in [-0.05, 0) is 37.3 Å². The molecule has 7 nitrogen and oxygen atoms in total. The average Bonchev–Trinajstić information content (AvgIpc) is 2.55. The number of hydrogen-bond acceptors (Lipinski definition) is 5. The quantitative estimate of drug-likeness (QED) is 0.653. The van der Waals surface area contributed by atoms with E-state index in [9.17, 15) is 14.9 Å². The molecule has 0 aliphatic rings. The Balaban J connectivity index is 1.99. The maximum absolute atomic E-state index is 12.1. The second-order valence-corrected chi connectivity index (χ2v) is 4.73. The molecule has 0 heterocycles. The van der Waals surface area contributed by atoms with Crippen molar-refractivity contribution in [1.29, 1.82) is 0 Å². The van der Waals surface area contributed by atoms with Gasteiger partial charge in [-0.2, -0.15) is 0 Å². The Morgan fingerprint density at radius 1 is 1.17 bits per heavy atom. The number of amides is 1. The smallest absolute Gasteiger partial charge is 0.273 e. The first kappa shape index (κ1) is 16.3. The van der Waals surface area contributed by atoms with Gasteiger partial charge < -0.3 is 14.8 Å². The van der Waals surface area contributed by atoms with Gasteiger partial charge in [0.2, 0.25) is 0 Å². The van der Waals surface area contributed by atoms with Crippen molar-refractivity contribution < 1.29 is 19.2 Å². The van der Waals surface area contributed by atoms with Crippen molar-refractivity contribution in [2.45, 2.75) is 13.0 Å². The zero-order valence-corrected chi connectivity index (χ0v) is 12.7. The molecule has 0 spiro atoms. The van der Waals surface area contributed by atoms with Crippen LogP contribution in [0.2, 0.25) is 0 Å². The third kappa shape index (κ3) is 4.44. The minimum atomic E-state index is -0.806. The monoisotopic (exact) mass is 316 g/mol. The molecule has 0 fully saturated rings. The minimum absolute atomic E-state index is 0.0923. The van der Waals surface area contributed by atoms with Crippen LogP contribution in [0.15, 0.2) is 48.5 Å². The highest BCUT2D eigenvalue weighted by Crippen LogP contribution is 2.21. The number of anilines is 1. The molecule has 0 saturated heterocycles. The van der Waals surface area contributed by atoms with E-state index in [2.05, 4.69) is 5.32 Å². The van der Waals surface area contributed by atoms with Gasteiger partial charge in [0, 0.05) is 11.8 Å². The largest absolute Gasteiger partial charge is 0.497 e. The predicted octanol–water partition coefficient (Wildman–Crippen LogP) is 3.01. The number of nitrogens with one attached hydrogen (secondary N) is 1. The highest BCUT2D eigenvalue weighted by atomic mass is 16.6. The van der Waals surface area contributed by atoms with E-state index in [1.54, 1.807) is 44.4 Å². The number of methoxy groups -OCH3 is 1. The van der Waals surface area contributed by atoms with Crippen LogP contribution in [0, 0.1) is 10.1 Å². The van der Waals surface area contributed by atoms with Crippen LogP contribution in [-0.2, 0) is 4.79 Å². The molecule has 2 aromatic carbocycles. The molecule has 7 heteroatoms. The van der Waals surface area contributed by atoms with E-state index in [4.69, 9.17) is 9.47 Å². The van der Waals surface area contributed by atoms with Crippen molar-refractivity contribution in [2.24, 2.45) is 0 Å². The van der Waals surface area contributed by atoms with E-state index in [1.165, 1.54) is 18.2 Å². The van der Waals surface area contributed by atoms with Crippen molar-refractivity contribution in [1.82, 2.24) is 0 Å². The molecular formula is C16H16N2O5. The lowest BCUT2D eigenvalue weighted by atomic mass is 10.2. The molecule has 0 aromatic heterocycles.